The second kappa shape index (κ2) is 12.3. The van der Waals surface area contributed by atoms with Gasteiger partial charge < -0.3 is 19.1 Å². The number of carbonyl (C=O) groups excluding carboxylic acids is 1. The molecule has 7 nitrogen and oxygen atoms in total. The summed E-state index contributed by atoms with van der Waals surface area (Å²) in [5.74, 6) is -0.156. The zero-order valence-corrected chi connectivity index (χ0v) is 25.9. The number of hydrogen-bond donors (Lipinski definition) is 1. The molecule has 8 heteroatoms. The minimum Gasteiger partial charge on any atom is -0.507 e. The van der Waals surface area contributed by atoms with E-state index in [1.807, 2.05) is 30.3 Å². The summed E-state index contributed by atoms with van der Waals surface area (Å²) in [6.07, 6.45) is 11.7. The van der Waals surface area contributed by atoms with Gasteiger partial charge in [0.15, 0.2) is 14.1 Å². The van der Waals surface area contributed by atoms with Gasteiger partial charge in [-0.05, 0) is 61.5 Å². The van der Waals surface area contributed by atoms with Gasteiger partial charge in [0.05, 0.1) is 19.4 Å². The molecule has 0 spiro atoms. The zero-order valence-electron chi connectivity index (χ0n) is 24.9. The molecule has 0 amide bonds. The fourth-order valence-electron chi connectivity index (χ4n) is 5.33. The van der Waals surface area contributed by atoms with Gasteiger partial charge in [-0.1, -0.05) is 64.3 Å². The first-order valence-electron chi connectivity index (χ1n) is 14.6. The molecular weight excluding hydrogens is 522 g/mol. The molecule has 2 aliphatic rings. The number of aromatic nitrogens is 1. The normalized spacial score (nSPS) is 20.4. The van der Waals surface area contributed by atoms with Crippen LogP contribution in [-0.4, -0.2) is 37.2 Å². The minimum atomic E-state index is -1.93. The molecule has 218 valence electrons. The maximum atomic E-state index is 13.6. The van der Waals surface area contributed by atoms with Crippen molar-refractivity contribution in [3.63, 3.8) is 0 Å². The predicted molar refractivity (Wildman–Crippen MR) is 160 cm³/mol. The summed E-state index contributed by atoms with van der Waals surface area (Å²) in [6.45, 7) is 11.3. The quantitative estimate of drug-likeness (QED) is 0.204. The van der Waals surface area contributed by atoms with Crippen molar-refractivity contribution < 1.29 is 23.9 Å². The van der Waals surface area contributed by atoms with Gasteiger partial charge in [0.25, 0.3) is 5.56 Å². The Morgan fingerprint density at radius 1 is 1.02 bits per heavy atom. The molecule has 0 saturated heterocycles. The van der Waals surface area contributed by atoms with Crippen LogP contribution in [0.25, 0.3) is 0 Å². The van der Waals surface area contributed by atoms with Crippen LogP contribution >= 0.6 is 0 Å². The number of Topliss-reactive ketones (excluding diaryl/α,β-unsaturated/α-hetero) is 1. The fourth-order valence-corrected chi connectivity index (χ4v) is 6.64. The van der Waals surface area contributed by atoms with E-state index in [9.17, 15) is 14.7 Å². The molecular formula is C32H45NO6Si. The van der Waals surface area contributed by atoms with Gasteiger partial charge in [-0.2, -0.15) is 4.73 Å². The lowest BCUT2D eigenvalue weighted by Gasteiger charge is -2.39. The Hall–Kier alpha value is -2.84. The number of aromatic hydroxyl groups is 1. The standard InChI is InChI=1S/C32H45NO6Si/c1-32(2,3)40(5,6)39-26-18-14-23(15-19-26)27-20-33(38-21-22-12-16-25(37-4)17-13-22)31(36)28(30(27)35)29(34)24-10-8-7-9-11-24/h12-14,16-18,20,23-24,26,35H,7-11,15,19,21H2,1-6H3/t23-,26-/m0/s1. The minimum absolute atomic E-state index is 0.0138. The number of pyridine rings is 1. The molecule has 40 heavy (non-hydrogen) atoms. The highest BCUT2D eigenvalue weighted by molar-refractivity contribution is 6.74. The average Bonchev–Trinajstić information content (AvgIpc) is 2.93. The van der Waals surface area contributed by atoms with Crippen molar-refractivity contribution in [1.29, 1.82) is 0 Å². The maximum Gasteiger partial charge on any atom is 0.297 e. The van der Waals surface area contributed by atoms with Crippen molar-refractivity contribution in [1.82, 2.24) is 4.73 Å². The lowest BCUT2D eigenvalue weighted by Crippen LogP contribution is -2.44. The maximum absolute atomic E-state index is 13.6. The Kier molecular flexibility index (Phi) is 9.30. The van der Waals surface area contributed by atoms with Gasteiger partial charge >= 0.3 is 0 Å². The predicted octanol–water partition coefficient (Wildman–Crippen LogP) is 6.78. The van der Waals surface area contributed by atoms with E-state index < -0.39 is 13.9 Å². The summed E-state index contributed by atoms with van der Waals surface area (Å²) >= 11 is 0. The van der Waals surface area contributed by atoms with Crippen LogP contribution in [0, 0.1) is 5.92 Å². The molecule has 1 fully saturated rings. The second-order valence-electron chi connectivity index (χ2n) is 12.7. The van der Waals surface area contributed by atoms with E-state index in [0.717, 1.165) is 61.0 Å². The second-order valence-corrected chi connectivity index (χ2v) is 17.5. The van der Waals surface area contributed by atoms with E-state index in [1.54, 1.807) is 13.3 Å². The SMILES string of the molecule is COc1ccc(COn2cc([C@H]3C=C[C@H](O[Si](C)(C)C(C)(C)C)CC3)c(O)c(C(=O)C3CCCCC3)c2=O)cc1. The van der Waals surface area contributed by atoms with Crippen LogP contribution < -0.4 is 15.1 Å². The van der Waals surface area contributed by atoms with Crippen LogP contribution in [0.3, 0.4) is 0 Å². The lowest BCUT2D eigenvalue weighted by molar-refractivity contribution is 0.0805. The molecule has 0 bridgehead atoms. The van der Waals surface area contributed by atoms with Gasteiger partial charge in [0.1, 0.15) is 23.7 Å². The van der Waals surface area contributed by atoms with Gasteiger partial charge in [0, 0.05) is 17.4 Å². The van der Waals surface area contributed by atoms with Crippen molar-refractivity contribution in [3.05, 3.63) is 69.7 Å². The number of ketones is 1. The summed E-state index contributed by atoms with van der Waals surface area (Å²) < 4.78 is 13.0. The highest BCUT2D eigenvalue weighted by atomic mass is 28.4. The smallest absolute Gasteiger partial charge is 0.297 e. The van der Waals surface area contributed by atoms with Crippen molar-refractivity contribution in [2.45, 2.75) is 102 Å². The molecule has 0 unspecified atom stereocenters. The van der Waals surface area contributed by atoms with E-state index >= 15 is 0 Å². The Labute approximate surface area is 239 Å². The van der Waals surface area contributed by atoms with Gasteiger partial charge in [-0.25, -0.2) is 0 Å². The van der Waals surface area contributed by atoms with Gasteiger partial charge in [-0.3, -0.25) is 9.59 Å². The van der Waals surface area contributed by atoms with Crippen LogP contribution in [0.4, 0.5) is 0 Å². The van der Waals surface area contributed by atoms with Crippen molar-refractivity contribution in [2.75, 3.05) is 7.11 Å². The number of hydrogen-bond acceptors (Lipinski definition) is 6. The van der Waals surface area contributed by atoms with Crippen LogP contribution in [0.15, 0.2) is 47.4 Å². The third-order valence-corrected chi connectivity index (χ3v) is 13.4. The lowest BCUT2D eigenvalue weighted by atomic mass is 9.82. The van der Waals surface area contributed by atoms with E-state index in [0.29, 0.717) is 5.56 Å². The van der Waals surface area contributed by atoms with Crippen LogP contribution in [-0.2, 0) is 11.0 Å². The number of benzene rings is 1. The number of rotatable bonds is 9. The highest BCUT2D eigenvalue weighted by Gasteiger charge is 2.39. The number of ether oxygens (including phenoxy) is 1. The first-order valence-corrected chi connectivity index (χ1v) is 17.5. The summed E-state index contributed by atoms with van der Waals surface area (Å²) in [5.41, 5.74) is 0.637. The number of methoxy groups -OCH3 is 1. The van der Waals surface area contributed by atoms with E-state index in [4.69, 9.17) is 14.0 Å². The fraction of sp³-hybridized carbons (Fsp3) is 0.562. The Bertz CT molecular complexity index is 1270. The van der Waals surface area contributed by atoms with Gasteiger partial charge in [0.2, 0.25) is 0 Å². The molecule has 2 aliphatic carbocycles. The van der Waals surface area contributed by atoms with Crippen molar-refractivity contribution in [3.8, 4) is 11.5 Å². The molecule has 1 N–H and O–H groups in total. The Morgan fingerprint density at radius 2 is 1.70 bits per heavy atom. The Morgan fingerprint density at radius 3 is 2.27 bits per heavy atom. The number of nitrogens with zero attached hydrogens (tertiary/aromatic N) is 1. The van der Waals surface area contributed by atoms with E-state index in [2.05, 4.69) is 39.9 Å². The van der Waals surface area contributed by atoms with Crippen LogP contribution in [0.5, 0.6) is 11.5 Å². The highest BCUT2D eigenvalue weighted by Crippen LogP contribution is 2.41. The summed E-state index contributed by atoms with van der Waals surface area (Å²) in [6, 6.07) is 7.39. The summed E-state index contributed by atoms with van der Waals surface area (Å²) in [7, 11) is -0.325. The molecule has 1 aromatic carbocycles. The van der Waals surface area contributed by atoms with Crippen molar-refractivity contribution in [2.24, 2.45) is 5.92 Å². The summed E-state index contributed by atoms with van der Waals surface area (Å²) in [4.78, 5) is 33.1. The first-order chi connectivity index (χ1) is 18.9. The van der Waals surface area contributed by atoms with E-state index in [1.165, 1.54) is 0 Å². The molecule has 1 aromatic heterocycles. The van der Waals surface area contributed by atoms with Crippen LogP contribution in [0.2, 0.25) is 18.1 Å². The number of carbonyl (C=O) groups is 1. The molecule has 0 radical (unpaired) electrons. The van der Waals surface area contributed by atoms with E-state index in [-0.39, 0.29) is 46.7 Å². The molecule has 2 atom stereocenters. The largest absolute Gasteiger partial charge is 0.507 e. The molecule has 1 heterocycles. The number of allylic oxidation sites excluding steroid dienone is 1. The topological polar surface area (TPSA) is 87.0 Å². The molecule has 0 aliphatic heterocycles. The van der Waals surface area contributed by atoms with Crippen LogP contribution in [0.1, 0.15) is 93.1 Å². The molecule has 2 aromatic rings. The first kappa shape index (κ1) is 30.1. The summed E-state index contributed by atoms with van der Waals surface area (Å²) in [5, 5.41) is 11.5. The third-order valence-electron chi connectivity index (χ3n) is 8.90. The monoisotopic (exact) mass is 567 g/mol. The zero-order chi connectivity index (χ0) is 29.1. The third kappa shape index (κ3) is 6.71. The Balaban J connectivity index is 1.64. The molecule has 1 saturated carbocycles. The van der Waals surface area contributed by atoms with Crippen molar-refractivity contribution >= 4 is 14.1 Å². The average molecular weight is 568 g/mol. The molecule has 4 rings (SSSR count). The van der Waals surface area contributed by atoms with Gasteiger partial charge in [-0.15, -0.1) is 0 Å².